The van der Waals surface area contributed by atoms with E-state index in [4.69, 9.17) is 9.97 Å². The lowest BCUT2D eigenvalue weighted by Crippen LogP contribution is -1.97. The normalized spacial score (nSPS) is 11.7. The Bertz CT molecular complexity index is 1470. The van der Waals surface area contributed by atoms with E-state index in [1.807, 2.05) is 18.2 Å². The van der Waals surface area contributed by atoms with Crippen molar-refractivity contribution in [2.24, 2.45) is 0 Å². The van der Waals surface area contributed by atoms with E-state index >= 15 is 0 Å². The maximum atomic E-state index is 5.08. The first-order chi connectivity index (χ1) is 14.7. The third-order valence-corrected chi connectivity index (χ3v) is 6.51. The molecule has 0 aliphatic heterocycles. The molecule has 1 aromatic heterocycles. The van der Waals surface area contributed by atoms with Gasteiger partial charge >= 0.3 is 0 Å². The second-order valence-electron chi connectivity index (χ2n) is 7.35. The van der Waals surface area contributed by atoms with Crippen molar-refractivity contribution in [2.75, 3.05) is 0 Å². The monoisotopic (exact) mass is 512 g/mol. The van der Waals surface area contributed by atoms with Crippen LogP contribution in [0.1, 0.15) is 0 Å². The van der Waals surface area contributed by atoms with Crippen molar-refractivity contribution in [3.8, 4) is 45.0 Å². The maximum Gasteiger partial charge on any atom is 0.160 e. The summed E-state index contributed by atoms with van der Waals surface area (Å²) >= 11 is 7.20. The predicted octanol–water partition coefficient (Wildman–Crippen LogP) is 8.14. The summed E-state index contributed by atoms with van der Waals surface area (Å²) < 4.78 is 2.04. The molecule has 6 rings (SSSR count). The van der Waals surface area contributed by atoms with Gasteiger partial charge in [-0.25, -0.2) is 9.97 Å². The van der Waals surface area contributed by atoms with Crippen molar-refractivity contribution in [3.63, 3.8) is 0 Å². The van der Waals surface area contributed by atoms with E-state index in [0.29, 0.717) is 0 Å². The number of hydrogen-bond donors (Lipinski definition) is 0. The van der Waals surface area contributed by atoms with Crippen molar-refractivity contribution in [1.82, 2.24) is 9.97 Å². The summed E-state index contributed by atoms with van der Waals surface area (Å²) in [4.78, 5) is 10.2. The van der Waals surface area contributed by atoms with E-state index in [1.165, 1.54) is 21.9 Å². The Morgan fingerprint density at radius 1 is 0.567 bits per heavy atom. The fourth-order valence-corrected chi connectivity index (χ4v) is 5.06. The Morgan fingerprint density at radius 3 is 1.90 bits per heavy atom. The molecule has 0 radical (unpaired) electrons. The summed E-state index contributed by atoms with van der Waals surface area (Å²) in [6, 6.07) is 29.4. The topological polar surface area (TPSA) is 25.8 Å². The molecule has 1 aliphatic rings. The average Bonchev–Trinajstić information content (AvgIpc) is 3.09. The Hall–Kier alpha value is -2.82. The number of benzene rings is 4. The van der Waals surface area contributed by atoms with Crippen molar-refractivity contribution < 1.29 is 0 Å². The van der Waals surface area contributed by atoms with Crippen LogP contribution in [0.2, 0.25) is 0 Å². The molecule has 0 fully saturated rings. The number of aromatic nitrogens is 2. The summed E-state index contributed by atoms with van der Waals surface area (Å²) in [6.45, 7) is 0. The van der Waals surface area contributed by atoms with Crippen LogP contribution >= 0.6 is 31.9 Å². The molecule has 0 saturated heterocycles. The highest BCUT2D eigenvalue weighted by Crippen LogP contribution is 2.50. The van der Waals surface area contributed by atoms with E-state index in [1.54, 1.807) is 0 Å². The SMILES string of the molecule is Brc1cccc(-c2nc(-c3cccc(Br)c3)c3c(n2)-c2cccc4cccc-3c24)c1. The van der Waals surface area contributed by atoms with Crippen LogP contribution in [-0.2, 0) is 0 Å². The van der Waals surface area contributed by atoms with Crippen LogP contribution in [0.4, 0.5) is 0 Å². The molecule has 0 atom stereocenters. The zero-order chi connectivity index (χ0) is 20.2. The molecular weight excluding hydrogens is 500 g/mol. The number of halogens is 2. The Balaban J connectivity index is 1.73. The van der Waals surface area contributed by atoms with Gasteiger partial charge in [0.25, 0.3) is 0 Å². The van der Waals surface area contributed by atoms with Gasteiger partial charge in [0.1, 0.15) is 0 Å². The van der Waals surface area contributed by atoms with Gasteiger partial charge in [0.2, 0.25) is 0 Å². The summed E-state index contributed by atoms with van der Waals surface area (Å²) in [6.07, 6.45) is 0. The van der Waals surface area contributed by atoms with E-state index in [9.17, 15) is 0 Å². The van der Waals surface area contributed by atoms with Gasteiger partial charge < -0.3 is 0 Å². The lowest BCUT2D eigenvalue weighted by Gasteiger charge is -2.12. The first-order valence-electron chi connectivity index (χ1n) is 9.65. The van der Waals surface area contributed by atoms with Crippen LogP contribution in [-0.4, -0.2) is 9.97 Å². The molecule has 2 nitrogen and oxygen atoms in total. The average molecular weight is 514 g/mol. The number of hydrogen-bond acceptors (Lipinski definition) is 2. The summed E-state index contributed by atoms with van der Waals surface area (Å²) in [7, 11) is 0. The smallest absolute Gasteiger partial charge is 0.160 e. The minimum absolute atomic E-state index is 0.731. The first-order valence-corrected chi connectivity index (χ1v) is 11.2. The maximum absolute atomic E-state index is 5.08. The fourth-order valence-electron chi connectivity index (χ4n) is 4.26. The summed E-state index contributed by atoms with van der Waals surface area (Å²) in [5.41, 5.74) is 7.51. The Kier molecular flexibility index (Phi) is 4.12. The van der Waals surface area contributed by atoms with Crippen LogP contribution in [0.3, 0.4) is 0 Å². The van der Waals surface area contributed by atoms with Gasteiger partial charge in [0.15, 0.2) is 5.82 Å². The number of fused-ring (bicyclic) bond motifs is 3. The molecule has 30 heavy (non-hydrogen) atoms. The van der Waals surface area contributed by atoms with Gasteiger partial charge in [-0.3, -0.25) is 0 Å². The minimum Gasteiger partial charge on any atom is -0.227 e. The van der Waals surface area contributed by atoms with Crippen LogP contribution < -0.4 is 0 Å². The van der Waals surface area contributed by atoms with Crippen LogP contribution in [0.5, 0.6) is 0 Å². The third kappa shape index (κ3) is 2.75. The summed E-state index contributed by atoms with van der Waals surface area (Å²) in [5, 5.41) is 2.49. The molecule has 0 saturated carbocycles. The van der Waals surface area contributed by atoms with Crippen molar-refractivity contribution in [3.05, 3.63) is 93.9 Å². The Labute approximate surface area is 190 Å². The molecule has 4 aromatic carbocycles. The lowest BCUT2D eigenvalue weighted by molar-refractivity contribution is 1.19. The second-order valence-corrected chi connectivity index (χ2v) is 9.18. The minimum atomic E-state index is 0.731. The van der Waals surface area contributed by atoms with Gasteiger partial charge in [-0.2, -0.15) is 0 Å². The largest absolute Gasteiger partial charge is 0.227 e. The molecule has 1 heterocycles. The molecule has 0 N–H and O–H groups in total. The summed E-state index contributed by atoms with van der Waals surface area (Å²) in [5.74, 6) is 0.731. The van der Waals surface area contributed by atoms with Gasteiger partial charge in [-0.1, -0.05) is 92.5 Å². The quantitative estimate of drug-likeness (QED) is 0.233. The highest BCUT2D eigenvalue weighted by molar-refractivity contribution is 9.10. The van der Waals surface area contributed by atoms with Crippen LogP contribution in [0, 0.1) is 0 Å². The molecule has 142 valence electrons. The molecule has 0 spiro atoms. The molecular formula is C26H14Br2N2. The lowest BCUT2D eigenvalue weighted by atomic mass is 9.99. The third-order valence-electron chi connectivity index (χ3n) is 5.52. The zero-order valence-electron chi connectivity index (χ0n) is 15.7. The van der Waals surface area contributed by atoms with Crippen LogP contribution in [0.25, 0.3) is 55.8 Å². The standard InChI is InChI=1S/C26H14Br2N2/c27-18-9-1-7-16(13-18)24-23-20-11-3-5-15-6-4-12-21(22(15)20)25(23)30-26(29-24)17-8-2-10-19(28)14-17/h1-14H. The van der Waals surface area contributed by atoms with Crippen LogP contribution in [0.15, 0.2) is 93.9 Å². The fraction of sp³-hybridized carbons (Fsp3) is 0. The zero-order valence-corrected chi connectivity index (χ0v) is 18.9. The van der Waals surface area contributed by atoms with E-state index < -0.39 is 0 Å². The van der Waals surface area contributed by atoms with E-state index in [2.05, 4.69) is 98.6 Å². The van der Waals surface area contributed by atoms with Gasteiger partial charge in [0, 0.05) is 31.2 Å². The highest BCUT2D eigenvalue weighted by atomic mass is 79.9. The predicted molar refractivity (Wildman–Crippen MR) is 130 cm³/mol. The van der Waals surface area contributed by atoms with Crippen molar-refractivity contribution in [1.29, 1.82) is 0 Å². The molecule has 0 unspecified atom stereocenters. The highest BCUT2D eigenvalue weighted by Gasteiger charge is 2.28. The van der Waals surface area contributed by atoms with Crippen molar-refractivity contribution >= 4 is 42.6 Å². The molecule has 0 amide bonds. The number of rotatable bonds is 2. The Morgan fingerprint density at radius 2 is 1.17 bits per heavy atom. The molecule has 4 heteroatoms. The molecule has 5 aromatic rings. The second kappa shape index (κ2) is 6.86. The van der Waals surface area contributed by atoms with Crippen molar-refractivity contribution in [2.45, 2.75) is 0 Å². The molecule has 0 bridgehead atoms. The number of nitrogens with zero attached hydrogens (tertiary/aromatic N) is 2. The van der Waals surface area contributed by atoms with Gasteiger partial charge in [-0.15, -0.1) is 0 Å². The van der Waals surface area contributed by atoms with E-state index in [0.717, 1.165) is 42.8 Å². The van der Waals surface area contributed by atoms with Gasteiger partial charge in [0.05, 0.1) is 11.4 Å². The first kappa shape index (κ1) is 18.0. The van der Waals surface area contributed by atoms with E-state index in [-0.39, 0.29) is 0 Å². The molecule has 1 aliphatic carbocycles. The van der Waals surface area contributed by atoms with Gasteiger partial charge in [-0.05, 0) is 40.6 Å².